The number of carboxylic acid groups (broad SMARTS) is 1. The lowest BCUT2D eigenvalue weighted by molar-refractivity contribution is -0.387. The maximum absolute atomic E-state index is 11.8. The van der Waals surface area contributed by atoms with Gasteiger partial charge in [0.1, 0.15) is 0 Å². The molecule has 1 aliphatic heterocycles. The van der Waals surface area contributed by atoms with E-state index in [9.17, 15) is 20.0 Å². The highest BCUT2D eigenvalue weighted by Crippen LogP contribution is 2.56. The van der Waals surface area contributed by atoms with Crippen LogP contribution in [-0.4, -0.2) is 32.7 Å². The molecule has 0 bridgehead atoms. The second-order valence-corrected chi connectivity index (χ2v) is 10.0. The van der Waals surface area contributed by atoms with Crippen molar-refractivity contribution in [3.63, 3.8) is 0 Å². The number of fused-ring (bicyclic) bond motifs is 3. The van der Waals surface area contributed by atoms with Crippen LogP contribution in [0.4, 0.5) is 11.4 Å². The van der Waals surface area contributed by atoms with Crippen molar-refractivity contribution in [3.05, 3.63) is 63.7 Å². The quantitative estimate of drug-likeness (QED) is 0.352. The number of rotatable bonds is 5. The molecule has 1 saturated carbocycles. The monoisotopic (exact) mass is 446 g/mol. The van der Waals surface area contributed by atoms with Crippen molar-refractivity contribution in [2.45, 2.75) is 47.8 Å². The minimum absolute atomic E-state index is 0.00474. The molecule has 2 aromatic rings. The molecule has 6 nitrogen and oxygen atoms in total. The summed E-state index contributed by atoms with van der Waals surface area (Å²) in [6.07, 6.45) is 0.808. The topological polar surface area (TPSA) is 92.5 Å². The van der Waals surface area contributed by atoms with Gasteiger partial charge in [0.05, 0.1) is 26.4 Å². The van der Waals surface area contributed by atoms with Gasteiger partial charge in [-0.05, 0) is 36.0 Å². The molecule has 0 saturated heterocycles. The van der Waals surface area contributed by atoms with E-state index in [1.165, 1.54) is 17.8 Å². The number of hydrogen-bond donors (Lipinski definition) is 2. The van der Waals surface area contributed by atoms with E-state index in [1.807, 2.05) is 6.07 Å². The predicted molar refractivity (Wildman–Crippen MR) is 119 cm³/mol. The molecule has 1 aliphatic carbocycles. The number of carboxylic acids is 1. The Bertz CT molecular complexity index is 999. The van der Waals surface area contributed by atoms with Gasteiger partial charge >= 0.3 is 5.97 Å². The zero-order chi connectivity index (χ0) is 21.6. The highest BCUT2D eigenvalue weighted by Gasteiger charge is 2.51. The molecule has 0 radical (unpaired) electrons. The normalized spacial score (nSPS) is 27.3. The van der Waals surface area contributed by atoms with Crippen LogP contribution < -0.4 is 5.32 Å². The zero-order valence-electron chi connectivity index (χ0n) is 16.6. The number of halogens is 1. The van der Waals surface area contributed by atoms with Crippen LogP contribution in [0.15, 0.2) is 47.4 Å². The van der Waals surface area contributed by atoms with Crippen LogP contribution in [0.1, 0.15) is 42.1 Å². The third kappa shape index (κ3) is 3.54. The first-order valence-corrected chi connectivity index (χ1v) is 11.3. The van der Waals surface area contributed by atoms with Gasteiger partial charge in [0.2, 0.25) is 0 Å². The molecule has 0 aromatic heterocycles. The Balaban J connectivity index is 1.72. The van der Waals surface area contributed by atoms with Crippen molar-refractivity contribution >= 4 is 40.7 Å². The molecule has 0 spiro atoms. The Morgan fingerprint density at radius 1 is 1.27 bits per heavy atom. The Hall–Kier alpha value is -2.25. The van der Waals surface area contributed by atoms with E-state index in [0.717, 1.165) is 12.0 Å². The molecule has 0 unspecified atom stereocenters. The molecule has 158 valence electrons. The molecular weight excluding hydrogens is 424 g/mol. The summed E-state index contributed by atoms with van der Waals surface area (Å²) >= 11 is 8.46. The van der Waals surface area contributed by atoms with Crippen molar-refractivity contribution in [3.8, 4) is 0 Å². The van der Waals surface area contributed by atoms with Crippen LogP contribution in [0.3, 0.4) is 0 Å². The Labute approximate surface area is 184 Å². The lowest BCUT2D eigenvalue weighted by Gasteiger charge is -2.40. The van der Waals surface area contributed by atoms with Gasteiger partial charge in [0.25, 0.3) is 5.69 Å². The van der Waals surface area contributed by atoms with Crippen molar-refractivity contribution in [2.24, 2.45) is 11.8 Å². The summed E-state index contributed by atoms with van der Waals surface area (Å²) in [7, 11) is 0. The molecule has 2 aliphatic rings. The maximum atomic E-state index is 11.8. The second kappa shape index (κ2) is 8.12. The van der Waals surface area contributed by atoms with Crippen LogP contribution in [-0.2, 0) is 0 Å². The Morgan fingerprint density at radius 3 is 2.67 bits per heavy atom. The van der Waals surface area contributed by atoms with E-state index >= 15 is 0 Å². The minimum atomic E-state index is -0.963. The number of thioether (sulfide) groups is 1. The van der Waals surface area contributed by atoms with Crippen LogP contribution in [0.25, 0.3) is 0 Å². The van der Waals surface area contributed by atoms with Gasteiger partial charge in [0.15, 0.2) is 0 Å². The van der Waals surface area contributed by atoms with E-state index in [-0.39, 0.29) is 50.6 Å². The first-order valence-electron chi connectivity index (χ1n) is 9.96. The fraction of sp³-hybridized carbons (Fsp3) is 0.409. The number of benzene rings is 2. The van der Waals surface area contributed by atoms with Gasteiger partial charge in [0, 0.05) is 23.3 Å². The average molecular weight is 447 g/mol. The van der Waals surface area contributed by atoms with E-state index in [4.69, 9.17) is 11.6 Å². The average Bonchev–Trinajstić information content (AvgIpc) is 3.03. The second-order valence-electron chi connectivity index (χ2n) is 8.24. The number of alkyl halides is 1. The third-order valence-electron chi connectivity index (χ3n) is 6.18. The first kappa shape index (κ1) is 21.0. The smallest absolute Gasteiger partial charge is 0.337 e. The number of nitro benzene ring substituents is 1. The molecule has 8 heteroatoms. The summed E-state index contributed by atoms with van der Waals surface area (Å²) in [5, 5.41) is 24.3. The van der Waals surface area contributed by atoms with Gasteiger partial charge in [-0.2, -0.15) is 0 Å². The van der Waals surface area contributed by atoms with Crippen molar-refractivity contribution in [1.82, 2.24) is 0 Å². The number of nitrogens with zero attached hydrogens (tertiary/aromatic N) is 1. The number of anilines is 1. The SMILES string of the molecule is CC(C)[C@@H]1Nc2c(C(=O)O)cccc2[C@@H]2[C@H](Cl)[C@@H](Sc3ccccc3[N+](=O)[O-])C[C@H]21. The molecular formula is C22H23ClN2O4S. The largest absolute Gasteiger partial charge is 0.478 e. The summed E-state index contributed by atoms with van der Waals surface area (Å²) in [6, 6.07) is 12.2. The lowest BCUT2D eigenvalue weighted by Crippen LogP contribution is -2.41. The summed E-state index contributed by atoms with van der Waals surface area (Å²) in [5.41, 5.74) is 1.94. The van der Waals surface area contributed by atoms with Gasteiger partial charge in [-0.3, -0.25) is 10.1 Å². The number of nitro groups is 1. The molecule has 4 rings (SSSR count). The van der Waals surface area contributed by atoms with Crippen molar-refractivity contribution < 1.29 is 14.8 Å². The standard InChI is InChI=1S/C22H23ClN2O4S/c1-11(2)20-14-10-17(30-16-9-4-3-8-15(16)25(28)29)19(23)18(14)12-6-5-7-13(22(26)27)21(12)24-20/h3-9,11,14,17-20,24H,10H2,1-2H3,(H,26,27)/t14-,17+,18+,19-,20+/m1/s1. The minimum Gasteiger partial charge on any atom is -0.478 e. The molecule has 1 heterocycles. The highest BCUT2D eigenvalue weighted by molar-refractivity contribution is 8.00. The van der Waals surface area contributed by atoms with E-state index in [2.05, 4.69) is 19.2 Å². The number of para-hydroxylation sites is 2. The first-order chi connectivity index (χ1) is 14.3. The maximum Gasteiger partial charge on any atom is 0.337 e. The summed E-state index contributed by atoms with van der Waals surface area (Å²) in [6.45, 7) is 4.24. The van der Waals surface area contributed by atoms with Gasteiger partial charge in [-0.15, -0.1) is 23.4 Å². The van der Waals surface area contributed by atoms with Gasteiger partial charge in [-0.25, -0.2) is 4.79 Å². The molecule has 2 aromatic carbocycles. The highest BCUT2D eigenvalue weighted by atomic mass is 35.5. The van der Waals surface area contributed by atoms with E-state index in [0.29, 0.717) is 10.6 Å². The van der Waals surface area contributed by atoms with E-state index in [1.54, 1.807) is 30.3 Å². The molecule has 5 atom stereocenters. The fourth-order valence-corrected chi connectivity index (χ4v) is 6.83. The third-order valence-corrected chi connectivity index (χ3v) is 8.29. The van der Waals surface area contributed by atoms with Crippen LogP contribution >= 0.6 is 23.4 Å². The van der Waals surface area contributed by atoms with E-state index < -0.39 is 5.97 Å². The summed E-state index contributed by atoms with van der Waals surface area (Å²) in [4.78, 5) is 23.5. The molecule has 1 fully saturated rings. The number of hydrogen-bond acceptors (Lipinski definition) is 5. The van der Waals surface area contributed by atoms with Gasteiger partial charge < -0.3 is 10.4 Å². The van der Waals surface area contributed by atoms with Crippen LogP contribution in [0.5, 0.6) is 0 Å². The summed E-state index contributed by atoms with van der Waals surface area (Å²) in [5.74, 6) is -0.458. The van der Waals surface area contributed by atoms with Crippen molar-refractivity contribution in [2.75, 3.05) is 5.32 Å². The predicted octanol–water partition coefficient (Wildman–Crippen LogP) is 5.61. The molecule has 2 N–H and O–H groups in total. The number of nitrogens with one attached hydrogen (secondary N) is 1. The molecule has 0 amide bonds. The van der Waals surface area contributed by atoms with Crippen LogP contribution in [0.2, 0.25) is 0 Å². The number of carbonyl (C=O) groups is 1. The summed E-state index contributed by atoms with van der Waals surface area (Å²) < 4.78 is 0. The van der Waals surface area contributed by atoms with Crippen LogP contribution in [0, 0.1) is 22.0 Å². The fourth-order valence-electron chi connectivity index (χ4n) is 4.89. The number of aromatic carboxylic acids is 1. The van der Waals surface area contributed by atoms with Gasteiger partial charge in [-0.1, -0.05) is 38.1 Å². The lowest BCUT2D eigenvalue weighted by atomic mass is 9.75. The Kier molecular flexibility index (Phi) is 5.68. The van der Waals surface area contributed by atoms with Crippen molar-refractivity contribution in [1.29, 1.82) is 0 Å². The Morgan fingerprint density at radius 2 is 2.00 bits per heavy atom. The zero-order valence-corrected chi connectivity index (χ0v) is 18.2. The molecule has 30 heavy (non-hydrogen) atoms.